The second kappa shape index (κ2) is 7.33. The molecule has 24 heavy (non-hydrogen) atoms. The number of anilines is 1. The summed E-state index contributed by atoms with van der Waals surface area (Å²) >= 11 is 0. The fourth-order valence-electron chi connectivity index (χ4n) is 2.89. The van der Waals surface area contributed by atoms with Gasteiger partial charge in [-0.3, -0.25) is 4.68 Å². The number of halogens is 1. The van der Waals surface area contributed by atoms with Crippen molar-refractivity contribution >= 4 is 11.7 Å². The van der Waals surface area contributed by atoms with Crippen molar-refractivity contribution < 1.29 is 13.9 Å². The quantitative estimate of drug-likeness (QED) is 0.916. The number of ether oxygens (including phenoxy) is 1. The molecule has 1 fully saturated rings. The van der Waals surface area contributed by atoms with E-state index in [0.717, 1.165) is 12.0 Å². The Morgan fingerprint density at radius 1 is 1.50 bits per heavy atom. The van der Waals surface area contributed by atoms with Gasteiger partial charge in [0.25, 0.3) is 0 Å². The number of benzene rings is 1. The molecular weight excluding hydrogens is 311 g/mol. The summed E-state index contributed by atoms with van der Waals surface area (Å²) in [7, 11) is 1.89. The fraction of sp³-hybridized carbons (Fsp3) is 0.412. The van der Waals surface area contributed by atoms with Crippen LogP contribution in [0.5, 0.6) is 5.75 Å². The summed E-state index contributed by atoms with van der Waals surface area (Å²) in [4.78, 5) is 14.2. The standard InChI is InChI=1S/C17H21FN4O2/c1-21-11-14(10-19-21)13-5-7-22(12-13)17(23)20-15-3-2-4-16(9-15)24-8-6-18/h2-4,9-11,13H,5-8,12H2,1H3,(H,20,23). The maximum atomic E-state index is 12.4. The molecule has 7 heteroatoms. The second-order valence-electron chi connectivity index (χ2n) is 5.87. The molecule has 2 aromatic rings. The van der Waals surface area contributed by atoms with Gasteiger partial charge in [-0.2, -0.15) is 5.10 Å². The molecular formula is C17H21FN4O2. The topological polar surface area (TPSA) is 59.4 Å². The number of alkyl halides is 1. The number of hydrogen-bond acceptors (Lipinski definition) is 3. The van der Waals surface area contributed by atoms with Crippen LogP contribution in [-0.4, -0.2) is 47.1 Å². The molecule has 2 heterocycles. The molecule has 0 radical (unpaired) electrons. The summed E-state index contributed by atoms with van der Waals surface area (Å²) in [5.41, 5.74) is 1.80. The smallest absolute Gasteiger partial charge is 0.321 e. The maximum Gasteiger partial charge on any atom is 0.321 e. The fourth-order valence-corrected chi connectivity index (χ4v) is 2.89. The maximum absolute atomic E-state index is 12.4. The summed E-state index contributed by atoms with van der Waals surface area (Å²) in [5.74, 6) is 0.865. The van der Waals surface area contributed by atoms with E-state index in [2.05, 4.69) is 10.4 Å². The normalized spacial score (nSPS) is 17.1. The van der Waals surface area contributed by atoms with Gasteiger partial charge < -0.3 is 15.0 Å². The molecule has 3 rings (SSSR count). The molecule has 1 atom stereocenters. The lowest BCUT2D eigenvalue weighted by molar-refractivity contribution is 0.222. The SMILES string of the molecule is Cn1cc(C2CCN(C(=O)Nc3cccc(OCCF)c3)C2)cn1. The van der Waals surface area contributed by atoms with Crippen molar-refractivity contribution in [1.82, 2.24) is 14.7 Å². The lowest BCUT2D eigenvalue weighted by Crippen LogP contribution is -2.32. The van der Waals surface area contributed by atoms with E-state index in [0.29, 0.717) is 30.4 Å². The minimum absolute atomic E-state index is 0.0102. The van der Waals surface area contributed by atoms with E-state index >= 15 is 0 Å². The van der Waals surface area contributed by atoms with Crippen LogP contribution in [0.25, 0.3) is 0 Å². The van der Waals surface area contributed by atoms with Crippen LogP contribution in [0.2, 0.25) is 0 Å². The van der Waals surface area contributed by atoms with Gasteiger partial charge in [-0.1, -0.05) is 6.07 Å². The molecule has 1 aliphatic heterocycles. The van der Waals surface area contributed by atoms with E-state index in [-0.39, 0.29) is 12.6 Å². The summed E-state index contributed by atoms with van der Waals surface area (Å²) in [6.45, 7) is 0.857. The Hall–Kier alpha value is -2.57. The van der Waals surface area contributed by atoms with Crippen LogP contribution in [0.15, 0.2) is 36.7 Å². The largest absolute Gasteiger partial charge is 0.491 e. The number of nitrogens with one attached hydrogen (secondary N) is 1. The Bertz CT molecular complexity index is 703. The van der Waals surface area contributed by atoms with Gasteiger partial charge in [-0.25, -0.2) is 9.18 Å². The van der Waals surface area contributed by atoms with Gasteiger partial charge in [0.1, 0.15) is 19.0 Å². The summed E-state index contributed by atoms with van der Waals surface area (Å²) < 4.78 is 19.2. The Labute approximate surface area is 140 Å². The van der Waals surface area contributed by atoms with Crippen molar-refractivity contribution in [1.29, 1.82) is 0 Å². The first-order valence-corrected chi connectivity index (χ1v) is 7.99. The number of aromatic nitrogens is 2. The van der Waals surface area contributed by atoms with Crippen molar-refractivity contribution in [2.45, 2.75) is 12.3 Å². The monoisotopic (exact) mass is 332 g/mol. The number of urea groups is 1. The number of likely N-dealkylation sites (tertiary alicyclic amines) is 1. The Morgan fingerprint density at radius 3 is 3.12 bits per heavy atom. The molecule has 0 saturated carbocycles. The minimum atomic E-state index is -0.542. The molecule has 0 spiro atoms. The molecule has 0 aliphatic carbocycles. The summed E-state index contributed by atoms with van der Waals surface area (Å²) in [6, 6.07) is 6.85. The number of carbonyl (C=O) groups excluding carboxylic acids is 1. The molecule has 1 saturated heterocycles. The Balaban J connectivity index is 1.57. The van der Waals surface area contributed by atoms with Crippen LogP contribution in [0.1, 0.15) is 17.9 Å². The molecule has 1 aliphatic rings. The van der Waals surface area contributed by atoms with Gasteiger partial charge in [0.2, 0.25) is 0 Å². The third kappa shape index (κ3) is 3.84. The lowest BCUT2D eigenvalue weighted by Gasteiger charge is -2.17. The molecule has 1 aromatic carbocycles. The number of hydrogen-bond donors (Lipinski definition) is 1. The van der Waals surface area contributed by atoms with E-state index in [1.54, 1.807) is 33.8 Å². The zero-order valence-corrected chi connectivity index (χ0v) is 13.6. The van der Waals surface area contributed by atoms with E-state index in [4.69, 9.17) is 4.74 Å². The number of carbonyl (C=O) groups is 1. The van der Waals surface area contributed by atoms with Crippen molar-refractivity contribution in [3.63, 3.8) is 0 Å². The summed E-state index contributed by atoms with van der Waals surface area (Å²) in [6.07, 6.45) is 4.79. The highest BCUT2D eigenvalue weighted by Crippen LogP contribution is 2.27. The molecule has 0 bridgehead atoms. The predicted molar refractivity (Wildman–Crippen MR) is 89.1 cm³/mol. The predicted octanol–water partition coefficient (Wildman–Crippen LogP) is 2.79. The molecule has 1 unspecified atom stereocenters. The van der Waals surface area contributed by atoms with Gasteiger partial charge in [0.05, 0.1) is 6.20 Å². The third-order valence-electron chi connectivity index (χ3n) is 4.10. The first-order chi connectivity index (χ1) is 11.7. The Kier molecular flexibility index (Phi) is 4.98. The third-order valence-corrected chi connectivity index (χ3v) is 4.10. The highest BCUT2D eigenvalue weighted by molar-refractivity contribution is 5.89. The molecule has 1 aromatic heterocycles. The van der Waals surface area contributed by atoms with Gasteiger partial charge in [0.15, 0.2) is 0 Å². The van der Waals surface area contributed by atoms with Crippen LogP contribution >= 0.6 is 0 Å². The average Bonchev–Trinajstić information content (AvgIpc) is 3.22. The molecule has 1 N–H and O–H groups in total. The van der Waals surface area contributed by atoms with E-state index in [1.807, 2.05) is 19.4 Å². The van der Waals surface area contributed by atoms with Crippen LogP contribution in [0.3, 0.4) is 0 Å². The average molecular weight is 332 g/mol. The van der Waals surface area contributed by atoms with Gasteiger partial charge >= 0.3 is 6.03 Å². The van der Waals surface area contributed by atoms with E-state index in [1.165, 1.54) is 0 Å². The van der Waals surface area contributed by atoms with Crippen molar-refractivity contribution in [3.05, 3.63) is 42.2 Å². The molecule has 6 nitrogen and oxygen atoms in total. The van der Waals surface area contributed by atoms with Crippen molar-refractivity contribution in [3.8, 4) is 5.75 Å². The van der Waals surface area contributed by atoms with Gasteiger partial charge in [0, 0.05) is 44.0 Å². The zero-order valence-electron chi connectivity index (χ0n) is 13.6. The molecule has 128 valence electrons. The number of rotatable bonds is 5. The first-order valence-electron chi connectivity index (χ1n) is 7.99. The highest BCUT2D eigenvalue weighted by atomic mass is 19.1. The highest BCUT2D eigenvalue weighted by Gasteiger charge is 2.28. The molecule has 2 amide bonds. The summed E-state index contributed by atoms with van der Waals surface area (Å²) in [5, 5.41) is 7.06. The van der Waals surface area contributed by atoms with E-state index < -0.39 is 6.67 Å². The number of nitrogens with zero attached hydrogens (tertiary/aromatic N) is 3. The Morgan fingerprint density at radius 2 is 2.38 bits per heavy atom. The van der Waals surface area contributed by atoms with Gasteiger partial charge in [-0.05, 0) is 24.1 Å². The van der Waals surface area contributed by atoms with E-state index in [9.17, 15) is 9.18 Å². The van der Waals surface area contributed by atoms with Crippen molar-refractivity contribution in [2.24, 2.45) is 7.05 Å². The van der Waals surface area contributed by atoms with Gasteiger partial charge in [-0.15, -0.1) is 0 Å². The van der Waals surface area contributed by atoms with Crippen molar-refractivity contribution in [2.75, 3.05) is 31.7 Å². The van der Waals surface area contributed by atoms with Crippen LogP contribution < -0.4 is 10.1 Å². The van der Waals surface area contributed by atoms with Crippen LogP contribution in [-0.2, 0) is 7.05 Å². The zero-order chi connectivity index (χ0) is 16.9. The second-order valence-corrected chi connectivity index (χ2v) is 5.87. The van der Waals surface area contributed by atoms with Crippen LogP contribution in [0, 0.1) is 0 Å². The van der Waals surface area contributed by atoms with Crippen LogP contribution in [0.4, 0.5) is 14.9 Å². The minimum Gasteiger partial charge on any atom is -0.491 e. The number of amides is 2. The lowest BCUT2D eigenvalue weighted by atomic mass is 10.0. The first kappa shape index (κ1) is 16.3. The number of aryl methyl sites for hydroxylation is 1.